The van der Waals surface area contributed by atoms with Crippen molar-refractivity contribution in [2.24, 2.45) is 0 Å². The molecule has 116 valence electrons. The zero-order valence-electron chi connectivity index (χ0n) is 12.2. The van der Waals surface area contributed by atoms with Crippen LogP contribution in [0.15, 0.2) is 36.4 Å². The smallest absolute Gasteiger partial charge is 0.326 e. The van der Waals surface area contributed by atoms with Crippen molar-refractivity contribution in [3.05, 3.63) is 42.0 Å². The maximum atomic E-state index is 12.5. The van der Waals surface area contributed by atoms with Gasteiger partial charge in [-0.25, -0.2) is 4.79 Å². The van der Waals surface area contributed by atoms with Crippen LogP contribution in [0, 0.1) is 0 Å². The van der Waals surface area contributed by atoms with Gasteiger partial charge in [-0.15, -0.1) is 0 Å². The molecule has 0 bridgehead atoms. The van der Waals surface area contributed by atoms with E-state index in [1.807, 2.05) is 30.5 Å². The molecule has 0 saturated heterocycles. The Bertz CT molecular complexity index is 703. The molecule has 0 aliphatic rings. The van der Waals surface area contributed by atoms with Crippen molar-refractivity contribution < 1.29 is 14.7 Å². The predicted molar refractivity (Wildman–Crippen MR) is 90.2 cm³/mol. The van der Waals surface area contributed by atoms with Crippen LogP contribution < -0.4 is 11.1 Å². The van der Waals surface area contributed by atoms with Crippen LogP contribution in [0.25, 0.3) is 10.8 Å². The molecule has 2 aromatic carbocycles. The number of carboxylic acid groups (broad SMARTS) is 1. The molecule has 0 radical (unpaired) electrons. The number of aliphatic carboxylic acids is 1. The van der Waals surface area contributed by atoms with E-state index >= 15 is 0 Å². The molecule has 0 heterocycles. The normalized spacial score (nSPS) is 12.0. The summed E-state index contributed by atoms with van der Waals surface area (Å²) in [6.45, 7) is 0. The molecule has 2 rings (SSSR count). The molecule has 6 heteroatoms. The molecule has 0 fully saturated rings. The number of hydrogen-bond acceptors (Lipinski definition) is 4. The first-order valence-corrected chi connectivity index (χ1v) is 8.23. The van der Waals surface area contributed by atoms with E-state index < -0.39 is 17.9 Å². The lowest BCUT2D eigenvalue weighted by molar-refractivity contribution is -0.139. The molecular formula is C16H18N2O3S. The molecule has 1 atom stereocenters. The van der Waals surface area contributed by atoms with E-state index in [1.54, 1.807) is 23.9 Å². The van der Waals surface area contributed by atoms with E-state index in [1.165, 1.54) is 0 Å². The summed E-state index contributed by atoms with van der Waals surface area (Å²) >= 11 is 1.54. The van der Waals surface area contributed by atoms with Crippen molar-refractivity contribution in [1.29, 1.82) is 0 Å². The van der Waals surface area contributed by atoms with Crippen LogP contribution in [-0.4, -0.2) is 35.0 Å². The molecular weight excluding hydrogens is 300 g/mol. The quantitative estimate of drug-likeness (QED) is 0.711. The second-order valence-electron chi connectivity index (χ2n) is 4.94. The summed E-state index contributed by atoms with van der Waals surface area (Å²) in [5, 5.41) is 13.4. The van der Waals surface area contributed by atoms with Gasteiger partial charge in [0.05, 0.1) is 0 Å². The third-order valence-electron chi connectivity index (χ3n) is 3.34. The molecule has 0 unspecified atom stereocenters. The van der Waals surface area contributed by atoms with Crippen LogP contribution in [-0.2, 0) is 4.79 Å². The Morgan fingerprint density at radius 3 is 2.73 bits per heavy atom. The summed E-state index contributed by atoms with van der Waals surface area (Å²) in [5.41, 5.74) is 6.70. The lowest BCUT2D eigenvalue weighted by Gasteiger charge is -2.15. The monoisotopic (exact) mass is 318 g/mol. The lowest BCUT2D eigenvalue weighted by Crippen LogP contribution is -2.41. The third-order valence-corrected chi connectivity index (χ3v) is 3.99. The minimum absolute atomic E-state index is 0.377. The molecule has 22 heavy (non-hydrogen) atoms. The molecule has 5 nitrogen and oxygen atoms in total. The fraction of sp³-hybridized carbons (Fsp3) is 0.250. The number of fused-ring (bicyclic) bond motifs is 1. The third kappa shape index (κ3) is 3.71. The summed E-state index contributed by atoms with van der Waals surface area (Å²) in [6.07, 6.45) is 2.27. The Morgan fingerprint density at radius 2 is 2.05 bits per heavy atom. The average Bonchev–Trinajstić information content (AvgIpc) is 2.49. The van der Waals surface area contributed by atoms with Gasteiger partial charge in [-0.3, -0.25) is 4.79 Å². The zero-order valence-corrected chi connectivity index (χ0v) is 13.0. The van der Waals surface area contributed by atoms with E-state index in [4.69, 9.17) is 5.73 Å². The first kappa shape index (κ1) is 16.2. The number of carboxylic acids is 1. The van der Waals surface area contributed by atoms with Crippen LogP contribution in [0.5, 0.6) is 0 Å². The second kappa shape index (κ2) is 7.17. The van der Waals surface area contributed by atoms with Crippen molar-refractivity contribution in [2.45, 2.75) is 12.5 Å². The van der Waals surface area contributed by atoms with E-state index in [0.717, 1.165) is 10.8 Å². The largest absolute Gasteiger partial charge is 0.480 e. The highest BCUT2D eigenvalue weighted by Crippen LogP contribution is 2.22. The molecule has 2 aromatic rings. The first-order valence-electron chi connectivity index (χ1n) is 6.84. The van der Waals surface area contributed by atoms with Gasteiger partial charge in [-0.1, -0.05) is 24.3 Å². The standard InChI is InChI=1S/C16H18N2O3S/c1-22-7-6-14(16(20)21)18-15(19)13-9-11(17)8-10-4-2-3-5-12(10)13/h2-5,8-9,14H,6-7,17H2,1H3,(H,18,19)(H,20,21)/t14-/m0/s1. The minimum atomic E-state index is -1.03. The highest BCUT2D eigenvalue weighted by Gasteiger charge is 2.21. The van der Waals surface area contributed by atoms with E-state index in [9.17, 15) is 14.7 Å². The first-order chi connectivity index (χ1) is 10.5. The Morgan fingerprint density at radius 1 is 1.32 bits per heavy atom. The van der Waals surface area contributed by atoms with E-state index in [-0.39, 0.29) is 0 Å². The Balaban J connectivity index is 2.30. The van der Waals surface area contributed by atoms with Gasteiger partial charge in [0.15, 0.2) is 0 Å². The molecule has 1 amide bonds. The maximum Gasteiger partial charge on any atom is 0.326 e. The highest BCUT2D eigenvalue weighted by atomic mass is 32.2. The number of carbonyl (C=O) groups is 2. The van der Waals surface area contributed by atoms with E-state index in [0.29, 0.717) is 23.4 Å². The molecule has 0 spiro atoms. The van der Waals surface area contributed by atoms with Crippen LogP contribution in [0.3, 0.4) is 0 Å². The van der Waals surface area contributed by atoms with Crippen molar-refractivity contribution in [3.63, 3.8) is 0 Å². The molecule has 0 aliphatic heterocycles. The number of rotatable bonds is 6. The minimum Gasteiger partial charge on any atom is -0.480 e. The van der Waals surface area contributed by atoms with E-state index in [2.05, 4.69) is 5.32 Å². The van der Waals surface area contributed by atoms with Gasteiger partial charge >= 0.3 is 5.97 Å². The summed E-state index contributed by atoms with van der Waals surface area (Å²) in [5.74, 6) is -0.790. The van der Waals surface area contributed by atoms with Crippen molar-refractivity contribution in [1.82, 2.24) is 5.32 Å². The predicted octanol–water partition coefficient (Wildman–Crippen LogP) is 2.36. The van der Waals surface area contributed by atoms with Crippen molar-refractivity contribution >= 4 is 40.1 Å². The Kier molecular flexibility index (Phi) is 5.27. The van der Waals surface area contributed by atoms with Crippen molar-refractivity contribution in [2.75, 3.05) is 17.7 Å². The topological polar surface area (TPSA) is 92.4 Å². The van der Waals surface area contributed by atoms with Crippen LogP contribution in [0.2, 0.25) is 0 Å². The number of amides is 1. The van der Waals surface area contributed by atoms with Crippen LogP contribution in [0.1, 0.15) is 16.8 Å². The number of nitrogens with two attached hydrogens (primary N) is 1. The van der Waals surface area contributed by atoms with Gasteiger partial charge in [0.25, 0.3) is 5.91 Å². The van der Waals surface area contributed by atoms with Gasteiger partial charge in [-0.05, 0) is 41.3 Å². The summed E-state index contributed by atoms with van der Waals surface area (Å²) < 4.78 is 0. The van der Waals surface area contributed by atoms with Crippen LogP contribution >= 0.6 is 11.8 Å². The fourth-order valence-electron chi connectivity index (χ4n) is 2.25. The van der Waals surface area contributed by atoms with Gasteiger partial charge in [-0.2, -0.15) is 11.8 Å². The Hall–Kier alpha value is -2.21. The fourth-order valence-corrected chi connectivity index (χ4v) is 2.72. The van der Waals surface area contributed by atoms with Gasteiger partial charge in [0.1, 0.15) is 6.04 Å². The van der Waals surface area contributed by atoms with Gasteiger partial charge in [0, 0.05) is 11.3 Å². The number of nitrogen functional groups attached to an aromatic ring is 1. The lowest BCUT2D eigenvalue weighted by atomic mass is 10.0. The zero-order chi connectivity index (χ0) is 16.1. The maximum absolute atomic E-state index is 12.5. The van der Waals surface area contributed by atoms with Crippen LogP contribution in [0.4, 0.5) is 5.69 Å². The number of nitrogens with one attached hydrogen (secondary N) is 1. The number of thioether (sulfide) groups is 1. The summed E-state index contributed by atoms with van der Waals surface area (Å²) in [6, 6.07) is 9.84. The summed E-state index contributed by atoms with van der Waals surface area (Å²) in [4.78, 5) is 23.7. The average molecular weight is 318 g/mol. The second-order valence-corrected chi connectivity index (χ2v) is 5.92. The molecule has 0 aromatic heterocycles. The number of carbonyl (C=O) groups excluding carboxylic acids is 1. The van der Waals surface area contributed by atoms with Crippen molar-refractivity contribution in [3.8, 4) is 0 Å². The molecule has 0 saturated carbocycles. The highest BCUT2D eigenvalue weighted by molar-refractivity contribution is 7.98. The SMILES string of the molecule is CSCC[C@H](NC(=O)c1cc(N)cc2ccccc12)C(=O)O. The number of anilines is 1. The molecule has 0 aliphatic carbocycles. The summed E-state index contributed by atoms with van der Waals surface area (Å²) in [7, 11) is 0. The Labute approximate surface area is 132 Å². The van der Waals surface area contributed by atoms with Gasteiger partial charge < -0.3 is 16.2 Å². The number of benzene rings is 2. The van der Waals surface area contributed by atoms with Gasteiger partial charge in [0.2, 0.25) is 0 Å². The molecule has 4 N–H and O–H groups in total. The number of hydrogen-bond donors (Lipinski definition) is 3.